The lowest BCUT2D eigenvalue weighted by molar-refractivity contribution is -0.00153. The van der Waals surface area contributed by atoms with Crippen LogP contribution in [0.1, 0.15) is 31.2 Å². The predicted octanol–water partition coefficient (Wildman–Crippen LogP) is 2.23. The van der Waals surface area contributed by atoms with E-state index in [1.807, 2.05) is 0 Å². The van der Waals surface area contributed by atoms with Crippen molar-refractivity contribution in [1.82, 2.24) is 15.2 Å². The van der Waals surface area contributed by atoms with Crippen LogP contribution in [-0.2, 0) is 11.3 Å². The Labute approximate surface area is 128 Å². The van der Waals surface area contributed by atoms with Crippen LogP contribution in [-0.4, -0.2) is 49.8 Å². The minimum absolute atomic E-state index is 0.340. The van der Waals surface area contributed by atoms with E-state index in [4.69, 9.17) is 4.74 Å². The van der Waals surface area contributed by atoms with E-state index in [-0.39, 0.29) is 0 Å². The topological polar surface area (TPSA) is 37.4 Å². The Morgan fingerprint density at radius 1 is 1.33 bits per heavy atom. The quantitative estimate of drug-likeness (QED) is 0.836. The molecule has 0 bridgehead atoms. The largest absolute Gasteiger partial charge is 0.381 e. The summed E-state index contributed by atoms with van der Waals surface area (Å²) in [5.74, 6) is 0. The van der Waals surface area contributed by atoms with Gasteiger partial charge in [-0.1, -0.05) is 13.0 Å². The molecule has 1 aromatic heterocycles. The van der Waals surface area contributed by atoms with Crippen LogP contribution in [0.2, 0.25) is 0 Å². The summed E-state index contributed by atoms with van der Waals surface area (Å²) < 4.78 is 5.56. The lowest BCUT2D eigenvalue weighted by atomic mass is 9.79. The van der Waals surface area contributed by atoms with Gasteiger partial charge in [0.25, 0.3) is 0 Å². The first-order valence-electron chi connectivity index (χ1n) is 8.03. The van der Waals surface area contributed by atoms with Crippen LogP contribution in [0.4, 0.5) is 0 Å². The third-order valence-electron chi connectivity index (χ3n) is 4.29. The molecule has 21 heavy (non-hydrogen) atoms. The Hall–Kier alpha value is -0.970. The first-order chi connectivity index (χ1) is 10.1. The van der Waals surface area contributed by atoms with Gasteiger partial charge in [-0.15, -0.1) is 0 Å². The van der Waals surface area contributed by atoms with Gasteiger partial charge in [0.2, 0.25) is 0 Å². The van der Waals surface area contributed by atoms with Crippen LogP contribution in [0.25, 0.3) is 0 Å². The maximum atomic E-state index is 5.56. The summed E-state index contributed by atoms with van der Waals surface area (Å²) in [7, 11) is 2.20. The molecule has 0 aliphatic carbocycles. The van der Waals surface area contributed by atoms with E-state index in [1.165, 1.54) is 0 Å². The van der Waals surface area contributed by atoms with Crippen LogP contribution in [0.3, 0.4) is 0 Å². The number of rotatable bonds is 7. The molecule has 0 spiro atoms. The zero-order valence-corrected chi connectivity index (χ0v) is 13.7. The molecule has 4 nitrogen and oxygen atoms in total. The summed E-state index contributed by atoms with van der Waals surface area (Å²) in [6, 6.07) is 6.26. The number of aromatic nitrogens is 1. The third-order valence-corrected chi connectivity index (χ3v) is 4.29. The summed E-state index contributed by atoms with van der Waals surface area (Å²) in [4.78, 5) is 7.02. The maximum Gasteiger partial charge on any atom is 0.0547 e. The van der Waals surface area contributed by atoms with Crippen LogP contribution in [0.5, 0.6) is 0 Å². The second-order valence-corrected chi connectivity index (χ2v) is 6.34. The molecule has 0 amide bonds. The van der Waals surface area contributed by atoms with Crippen LogP contribution in [0.15, 0.2) is 18.2 Å². The van der Waals surface area contributed by atoms with Crippen molar-refractivity contribution in [2.45, 2.75) is 33.2 Å². The fourth-order valence-corrected chi connectivity index (χ4v) is 3.18. The Morgan fingerprint density at radius 3 is 2.76 bits per heavy atom. The van der Waals surface area contributed by atoms with Gasteiger partial charge in [-0.05, 0) is 50.9 Å². The van der Waals surface area contributed by atoms with Crippen LogP contribution >= 0.6 is 0 Å². The monoisotopic (exact) mass is 291 g/mol. The summed E-state index contributed by atoms with van der Waals surface area (Å²) in [6.07, 6.45) is 2.29. The van der Waals surface area contributed by atoms with Gasteiger partial charge < -0.3 is 10.1 Å². The molecule has 1 aliphatic heterocycles. The van der Waals surface area contributed by atoms with E-state index in [0.717, 1.165) is 63.6 Å². The highest BCUT2D eigenvalue weighted by atomic mass is 16.5. The van der Waals surface area contributed by atoms with Crippen molar-refractivity contribution in [2.75, 3.05) is 39.9 Å². The van der Waals surface area contributed by atoms with E-state index in [2.05, 4.69) is 54.3 Å². The highest BCUT2D eigenvalue weighted by Crippen LogP contribution is 2.31. The Bertz CT molecular complexity index is 430. The maximum absolute atomic E-state index is 5.56. The van der Waals surface area contributed by atoms with Gasteiger partial charge in [-0.3, -0.25) is 9.88 Å². The average molecular weight is 291 g/mol. The number of hydrogen-bond acceptors (Lipinski definition) is 4. The van der Waals surface area contributed by atoms with Crippen molar-refractivity contribution in [3.05, 3.63) is 29.6 Å². The zero-order chi connectivity index (χ0) is 15.1. The second-order valence-electron chi connectivity index (χ2n) is 6.34. The number of nitrogens with one attached hydrogen (secondary N) is 1. The van der Waals surface area contributed by atoms with Crippen LogP contribution < -0.4 is 5.32 Å². The Morgan fingerprint density at radius 2 is 2.10 bits per heavy atom. The number of aryl methyl sites for hydroxylation is 1. The van der Waals surface area contributed by atoms with Crippen molar-refractivity contribution in [3.63, 3.8) is 0 Å². The van der Waals surface area contributed by atoms with Gasteiger partial charge in [0.05, 0.1) is 5.69 Å². The molecule has 1 fully saturated rings. The second kappa shape index (κ2) is 7.87. The fraction of sp³-hybridized carbons (Fsp3) is 0.706. The fourth-order valence-electron chi connectivity index (χ4n) is 3.18. The van der Waals surface area contributed by atoms with E-state index in [1.54, 1.807) is 0 Å². The van der Waals surface area contributed by atoms with E-state index < -0.39 is 0 Å². The molecule has 1 aliphatic rings. The zero-order valence-electron chi connectivity index (χ0n) is 13.7. The highest BCUT2D eigenvalue weighted by molar-refractivity contribution is 5.09. The molecule has 1 saturated heterocycles. The minimum Gasteiger partial charge on any atom is -0.381 e. The number of nitrogens with zero attached hydrogens (tertiary/aromatic N) is 2. The summed E-state index contributed by atoms with van der Waals surface area (Å²) in [5, 5.41) is 3.54. The van der Waals surface area contributed by atoms with E-state index >= 15 is 0 Å². The lowest BCUT2D eigenvalue weighted by Gasteiger charge is -2.40. The molecule has 2 rings (SSSR count). The molecule has 0 aromatic carbocycles. The van der Waals surface area contributed by atoms with Gasteiger partial charge >= 0.3 is 0 Å². The van der Waals surface area contributed by atoms with Gasteiger partial charge in [0.1, 0.15) is 0 Å². The molecular formula is C17H29N3O. The Balaban J connectivity index is 1.95. The van der Waals surface area contributed by atoms with Gasteiger partial charge in [0, 0.05) is 38.5 Å². The average Bonchev–Trinajstić information content (AvgIpc) is 2.46. The summed E-state index contributed by atoms with van der Waals surface area (Å²) >= 11 is 0. The molecule has 1 N–H and O–H groups in total. The van der Waals surface area contributed by atoms with Crippen molar-refractivity contribution < 1.29 is 4.74 Å². The molecule has 2 heterocycles. The summed E-state index contributed by atoms with van der Waals surface area (Å²) in [6.45, 7) is 10.1. The number of ether oxygens (including phenoxy) is 1. The lowest BCUT2D eigenvalue weighted by Crippen LogP contribution is -2.46. The van der Waals surface area contributed by atoms with Crippen molar-refractivity contribution in [1.29, 1.82) is 0 Å². The van der Waals surface area contributed by atoms with E-state index in [0.29, 0.717) is 5.41 Å². The van der Waals surface area contributed by atoms with Gasteiger partial charge in [-0.25, -0.2) is 0 Å². The molecule has 0 unspecified atom stereocenters. The molecule has 118 valence electrons. The van der Waals surface area contributed by atoms with Gasteiger partial charge in [-0.2, -0.15) is 0 Å². The van der Waals surface area contributed by atoms with Crippen molar-refractivity contribution in [2.24, 2.45) is 5.41 Å². The number of pyridine rings is 1. The molecule has 4 heteroatoms. The smallest absolute Gasteiger partial charge is 0.0547 e. The third kappa shape index (κ3) is 5.06. The van der Waals surface area contributed by atoms with Crippen molar-refractivity contribution >= 4 is 0 Å². The molecular weight excluding hydrogens is 262 g/mol. The highest BCUT2D eigenvalue weighted by Gasteiger charge is 2.33. The SMILES string of the molecule is CCNCC1(CN(C)Cc2cccc(C)n2)CCOCC1. The predicted molar refractivity (Wildman–Crippen MR) is 86.3 cm³/mol. The first kappa shape index (κ1) is 16.4. The molecule has 0 atom stereocenters. The van der Waals surface area contributed by atoms with Crippen LogP contribution in [0, 0.1) is 12.3 Å². The first-order valence-corrected chi connectivity index (χ1v) is 8.03. The Kier molecular flexibility index (Phi) is 6.15. The molecule has 1 aromatic rings. The molecule has 0 saturated carbocycles. The van der Waals surface area contributed by atoms with E-state index in [9.17, 15) is 0 Å². The minimum atomic E-state index is 0.340. The normalized spacial score (nSPS) is 18.1. The molecule has 0 radical (unpaired) electrons. The van der Waals surface area contributed by atoms with Crippen molar-refractivity contribution in [3.8, 4) is 0 Å². The van der Waals surface area contributed by atoms with Gasteiger partial charge in [0.15, 0.2) is 0 Å². The standard InChI is InChI=1S/C17H29N3O/c1-4-18-13-17(8-10-21-11-9-17)14-20(3)12-16-7-5-6-15(2)19-16/h5-7,18H,4,8-14H2,1-3H3. The summed E-state index contributed by atoms with van der Waals surface area (Å²) in [5.41, 5.74) is 2.59. The number of hydrogen-bond donors (Lipinski definition) is 1.